The summed E-state index contributed by atoms with van der Waals surface area (Å²) in [5.41, 5.74) is 9.20. The third kappa shape index (κ3) is 2.79. The molecular formula is C23H28N4O. The van der Waals surface area contributed by atoms with Crippen LogP contribution in [0, 0.1) is 23.2 Å². The number of fused-ring (bicyclic) bond motifs is 1. The SMILES string of the molecule is N[C@@H](Cc1c[nH]c2ccccc12)c1nc(CC23CC4CC(CC(C4)C2)C3)no1. The topological polar surface area (TPSA) is 80.7 Å². The van der Waals surface area contributed by atoms with Crippen LogP contribution in [0.15, 0.2) is 35.0 Å². The van der Waals surface area contributed by atoms with Crippen LogP contribution >= 0.6 is 0 Å². The largest absolute Gasteiger partial charge is 0.361 e. The molecule has 1 aromatic carbocycles. The summed E-state index contributed by atoms with van der Waals surface area (Å²) in [6, 6.07) is 8.04. The van der Waals surface area contributed by atoms with Gasteiger partial charge in [0.2, 0.25) is 5.89 Å². The molecule has 0 amide bonds. The third-order valence-electron chi connectivity index (χ3n) is 7.61. The van der Waals surface area contributed by atoms with Crippen molar-refractivity contribution >= 4 is 10.9 Å². The lowest BCUT2D eigenvalue weighted by atomic mass is 9.49. The van der Waals surface area contributed by atoms with Crippen molar-refractivity contribution in [1.82, 2.24) is 15.1 Å². The zero-order chi connectivity index (χ0) is 18.7. The first-order valence-corrected chi connectivity index (χ1v) is 10.8. The number of aromatic amines is 1. The number of hydrogen-bond acceptors (Lipinski definition) is 4. The molecule has 0 unspecified atom stereocenters. The fourth-order valence-electron chi connectivity index (χ4n) is 6.96. The predicted octanol–water partition coefficient (Wildman–Crippen LogP) is 4.55. The smallest absolute Gasteiger partial charge is 0.243 e. The second-order valence-electron chi connectivity index (χ2n) is 9.81. The quantitative estimate of drug-likeness (QED) is 0.684. The Morgan fingerprint density at radius 1 is 1.11 bits per heavy atom. The van der Waals surface area contributed by atoms with E-state index in [1.54, 1.807) is 0 Å². The van der Waals surface area contributed by atoms with E-state index in [1.165, 1.54) is 49.5 Å². The van der Waals surface area contributed by atoms with Crippen LogP contribution < -0.4 is 5.73 Å². The van der Waals surface area contributed by atoms with Gasteiger partial charge in [0.25, 0.3) is 0 Å². The van der Waals surface area contributed by atoms with Crippen molar-refractivity contribution in [3.63, 3.8) is 0 Å². The molecule has 0 saturated heterocycles. The van der Waals surface area contributed by atoms with Gasteiger partial charge in [0.1, 0.15) is 0 Å². The maximum atomic E-state index is 6.44. The Morgan fingerprint density at radius 2 is 1.82 bits per heavy atom. The lowest BCUT2D eigenvalue weighted by Gasteiger charge is -2.56. The molecule has 2 heterocycles. The van der Waals surface area contributed by atoms with Crippen molar-refractivity contribution < 1.29 is 4.52 Å². The number of nitrogens with two attached hydrogens (primary N) is 1. The molecule has 1 atom stereocenters. The standard InChI is InChI=1S/C23H28N4O/c24-19(8-17-13-25-20-4-2-1-3-18(17)20)22-26-21(27-28-22)12-23-9-14-5-15(10-23)7-16(6-14)11-23/h1-4,13-16,19,25H,5-12,24H2/t14?,15?,16?,19-,23?/m0/s1. The number of nitrogens with zero attached hydrogens (tertiary/aromatic N) is 2. The normalized spacial score (nSPS) is 32.2. The molecule has 5 nitrogen and oxygen atoms in total. The highest BCUT2D eigenvalue weighted by atomic mass is 16.5. The monoisotopic (exact) mass is 376 g/mol. The Balaban J connectivity index is 1.18. The summed E-state index contributed by atoms with van der Waals surface area (Å²) in [7, 11) is 0. The Bertz CT molecular complexity index is 968. The number of hydrogen-bond donors (Lipinski definition) is 2. The molecule has 4 saturated carbocycles. The van der Waals surface area contributed by atoms with E-state index in [4.69, 9.17) is 15.2 Å². The Labute approximate surface area is 165 Å². The van der Waals surface area contributed by atoms with E-state index in [1.807, 2.05) is 12.3 Å². The summed E-state index contributed by atoms with van der Waals surface area (Å²) in [5, 5.41) is 5.55. The van der Waals surface area contributed by atoms with Crippen molar-refractivity contribution in [1.29, 1.82) is 0 Å². The molecule has 0 spiro atoms. The van der Waals surface area contributed by atoms with Crippen molar-refractivity contribution in [2.45, 2.75) is 57.4 Å². The second-order valence-corrected chi connectivity index (χ2v) is 9.81. The molecule has 4 aliphatic rings. The minimum absolute atomic E-state index is 0.267. The van der Waals surface area contributed by atoms with Crippen molar-refractivity contribution in [3.8, 4) is 0 Å². The van der Waals surface area contributed by atoms with Gasteiger partial charge in [-0.3, -0.25) is 0 Å². The first-order valence-electron chi connectivity index (χ1n) is 10.8. The maximum Gasteiger partial charge on any atom is 0.243 e. The minimum atomic E-state index is -0.267. The molecule has 0 radical (unpaired) electrons. The van der Waals surface area contributed by atoms with Gasteiger partial charge in [-0.05, 0) is 79.7 Å². The minimum Gasteiger partial charge on any atom is -0.361 e. The molecule has 28 heavy (non-hydrogen) atoms. The molecule has 146 valence electrons. The van der Waals surface area contributed by atoms with Gasteiger partial charge in [-0.2, -0.15) is 4.98 Å². The third-order valence-corrected chi connectivity index (χ3v) is 7.61. The van der Waals surface area contributed by atoms with E-state index < -0.39 is 0 Å². The van der Waals surface area contributed by atoms with Gasteiger partial charge in [-0.15, -0.1) is 0 Å². The molecule has 7 rings (SSSR count). The molecule has 5 heteroatoms. The van der Waals surface area contributed by atoms with Gasteiger partial charge in [-0.25, -0.2) is 0 Å². The van der Waals surface area contributed by atoms with E-state index in [-0.39, 0.29) is 6.04 Å². The highest BCUT2D eigenvalue weighted by Gasteiger charge is 2.51. The lowest BCUT2D eigenvalue weighted by Crippen LogP contribution is -2.47. The maximum absolute atomic E-state index is 6.44. The fraction of sp³-hybridized carbons (Fsp3) is 0.565. The molecule has 2 aromatic heterocycles. The number of nitrogens with one attached hydrogen (secondary N) is 1. The number of benzene rings is 1. The van der Waals surface area contributed by atoms with E-state index in [0.717, 1.165) is 35.5 Å². The van der Waals surface area contributed by atoms with Crippen molar-refractivity contribution in [2.24, 2.45) is 28.9 Å². The van der Waals surface area contributed by atoms with Crippen LogP contribution in [-0.4, -0.2) is 15.1 Å². The molecule has 0 aliphatic heterocycles. The molecule has 3 aromatic rings. The first kappa shape index (κ1) is 16.8. The van der Waals surface area contributed by atoms with E-state index in [0.29, 0.717) is 17.7 Å². The number of rotatable bonds is 5. The predicted molar refractivity (Wildman–Crippen MR) is 108 cm³/mol. The van der Waals surface area contributed by atoms with Gasteiger partial charge < -0.3 is 15.2 Å². The van der Waals surface area contributed by atoms with Crippen molar-refractivity contribution in [3.05, 3.63) is 47.7 Å². The fourth-order valence-corrected chi connectivity index (χ4v) is 6.96. The summed E-state index contributed by atoms with van der Waals surface area (Å²) in [4.78, 5) is 8.05. The first-order chi connectivity index (χ1) is 13.7. The number of H-pyrrole nitrogens is 1. The number of para-hydroxylation sites is 1. The molecule has 4 fully saturated rings. The summed E-state index contributed by atoms with van der Waals surface area (Å²) in [5.74, 6) is 4.28. The van der Waals surface area contributed by atoms with E-state index >= 15 is 0 Å². The Hall–Kier alpha value is -2.14. The average Bonchev–Trinajstić information content (AvgIpc) is 3.28. The lowest BCUT2D eigenvalue weighted by molar-refractivity contribution is -0.0533. The highest BCUT2D eigenvalue weighted by molar-refractivity contribution is 5.83. The van der Waals surface area contributed by atoms with Crippen LogP contribution in [0.1, 0.15) is 61.8 Å². The molecule has 4 aliphatic carbocycles. The summed E-state index contributed by atoms with van der Waals surface area (Å²) in [6.07, 6.45) is 12.2. The van der Waals surface area contributed by atoms with Gasteiger partial charge in [-0.1, -0.05) is 23.4 Å². The summed E-state index contributed by atoms with van der Waals surface area (Å²) in [6.45, 7) is 0. The van der Waals surface area contributed by atoms with Crippen LogP contribution in [0.4, 0.5) is 0 Å². The summed E-state index contributed by atoms with van der Waals surface area (Å²) < 4.78 is 5.60. The van der Waals surface area contributed by atoms with Gasteiger partial charge in [0, 0.05) is 23.5 Å². The zero-order valence-electron chi connectivity index (χ0n) is 16.2. The molecule has 3 N–H and O–H groups in total. The second kappa shape index (κ2) is 6.18. The summed E-state index contributed by atoms with van der Waals surface area (Å²) >= 11 is 0. The van der Waals surface area contributed by atoms with Gasteiger partial charge in [0.15, 0.2) is 5.82 Å². The molecule has 4 bridgehead atoms. The van der Waals surface area contributed by atoms with E-state index in [9.17, 15) is 0 Å². The van der Waals surface area contributed by atoms with Crippen LogP contribution in [0.3, 0.4) is 0 Å². The highest BCUT2D eigenvalue weighted by Crippen LogP contribution is 2.60. The van der Waals surface area contributed by atoms with Crippen LogP contribution in [-0.2, 0) is 12.8 Å². The molecular weight excluding hydrogens is 348 g/mol. The van der Waals surface area contributed by atoms with E-state index in [2.05, 4.69) is 28.3 Å². The van der Waals surface area contributed by atoms with Gasteiger partial charge >= 0.3 is 0 Å². The van der Waals surface area contributed by atoms with Crippen LogP contribution in [0.5, 0.6) is 0 Å². The van der Waals surface area contributed by atoms with Crippen LogP contribution in [0.25, 0.3) is 10.9 Å². The van der Waals surface area contributed by atoms with Crippen LogP contribution in [0.2, 0.25) is 0 Å². The Morgan fingerprint density at radius 3 is 2.57 bits per heavy atom. The average molecular weight is 377 g/mol. The zero-order valence-corrected chi connectivity index (χ0v) is 16.2. The van der Waals surface area contributed by atoms with Crippen molar-refractivity contribution in [2.75, 3.05) is 0 Å². The van der Waals surface area contributed by atoms with Gasteiger partial charge in [0.05, 0.1) is 6.04 Å². The number of aromatic nitrogens is 3. The Kier molecular flexibility index (Phi) is 3.70.